The first-order chi connectivity index (χ1) is 20.1. The molecule has 0 aliphatic carbocycles. The van der Waals surface area contributed by atoms with Crippen LogP contribution < -0.4 is 15.0 Å². The summed E-state index contributed by atoms with van der Waals surface area (Å²) in [7, 11) is 1.39. The summed E-state index contributed by atoms with van der Waals surface area (Å²) in [6.07, 6.45) is 5.44. The predicted molar refractivity (Wildman–Crippen MR) is 154 cm³/mol. The first kappa shape index (κ1) is 28.8. The lowest BCUT2D eigenvalue weighted by atomic mass is 10.0. The number of alkyl carbamates (subject to hydrolysis) is 1. The van der Waals surface area contributed by atoms with E-state index in [1.165, 1.54) is 31.4 Å². The van der Waals surface area contributed by atoms with Crippen LogP contribution in [0.15, 0.2) is 48.8 Å². The monoisotopic (exact) mass is 574 g/mol. The Balaban J connectivity index is 1.61. The molecule has 2 aromatic carbocycles. The fraction of sp³-hybridized carbons (Fsp3) is 0.355. The number of halogens is 2. The highest BCUT2D eigenvalue weighted by atomic mass is 19.1. The van der Waals surface area contributed by atoms with Gasteiger partial charge in [-0.1, -0.05) is 6.07 Å². The number of nitriles is 1. The van der Waals surface area contributed by atoms with Crippen molar-refractivity contribution >= 4 is 17.6 Å². The number of hydrogen-bond acceptors (Lipinski definition) is 7. The van der Waals surface area contributed by atoms with Gasteiger partial charge in [-0.3, -0.25) is 4.40 Å². The Bertz CT molecular complexity index is 1670. The Morgan fingerprint density at radius 1 is 1.12 bits per heavy atom. The van der Waals surface area contributed by atoms with Gasteiger partial charge in [0.05, 0.1) is 24.1 Å². The zero-order valence-electron chi connectivity index (χ0n) is 23.9. The number of aromatic nitrogens is 3. The van der Waals surface area contributed by atoms with Crippen molar-refractivity contribution in [3.05, 3.63) is 66.0 Å². The number of imidazole rings is 1. The molecule has 0 saturated carbocycles. The van der Waals surface area contributed by atoms with Crippen molar-refractivity contribution in [1.82, 2.24) is 19.7 Å². The maximum Gasteiger partial charge on any atom is 0.407 e. The van der Waals surface area contributed by atoms with Gasteiger partial charge in [-0.2, -0.15) is 5.26 Å². The van der Waals surface area contributed by atoms with E-state index in [2.05, 4.69) is 15.2 Å². The number of rotatable bonds is 5. The molecule has 0 bridgehead atoms. The van der Waals surface area contributed by atoms with E-state index in [0.717, 1.165) is 19.3 Å². The number of carbonyl (C=O) groups excluding carboxylic acids is 1. The van der Waals surface area contributed by atoms with Gasteiger partial charge in [0.1, 0.15) is 17.5 Å². The summed E-state index contributed by atoms with van der Waals surface area (Å²) in [5.74, 6) is -0.569. The normalized spacial score (nSPS) is 15.6. The molecule has 1 N–H and O–H groups in total. The number of ether oxygens (including phenoxy) is 2. The van der Waals surface area contributed by atoms with E-state index >= 15 is 0 Å². The molecule has 0 spiro atoms. The molecule has 1 aliphatic heterocycles. The zero-order chi connectivity index (χ0) is 30.0. The summed E-state index contributed by atoms with van der Waals surface area (Å²) in [6, 6.07) is 10.5. The van der Waals surface area contributed by atoms with Crippen molar-refractivity contribution in [3.8, 4) is 34.3 Å². The smallest absolute Gasteiger partial charge is 0.407 e. The van der Waals surface area contributed by atoms with E-state index in [1.54, 1.807) is 28.9 Å². The molecule has 11 heteroatoms. The molecular formula is C31H32F2N6O3. The Morgan fingerprint density at radius 3 is 2.57 bits per heavy atom. The fourth-order valence-electron chi connectivity index (χ4n) is 5.16. The van der Waals surface area contributed by atoms with E-state index in [1.807, 2.05) is 26.8 Å². The Hall–Kier alpha value is -4.72. The van der Waals surface area contributed by atoms with E-state index in [4.69, 9.17) is 14.5 Å². The van der Waals surface area contributed by atoms with Crippen LogP contribution in [0.1, 0.15) is 45.6 Å². The van der Waals surface area contributed by atoms with Crippen molar-refractivity contribution in [3.63, 3.8) is 0 Å². The van der Waals surface area contributed by atoms with Crippen molar-refractivity contribution in [2.24, 2.45) is 0 Å². The highest BCUT2D eigenvalue weighted by molar-refractivity contribution is 5.85. The number of fused-ring (bicyclic) bond motifs is 1. The standard InChI is InChI=1S/C31H32F2N6O3/c1-31(2,3)42-30(40)36-22-7-5-6-13-38(18-22)28-29-37-26(19-8-9-21(17-34)23(32)15-19)27(39(29)14-12-35-28)20-10-11-25(41-4)24(33)16-20/h8-12,14-16,22H,5-7,13,18H2,1-4H3,(H,36,40)/t22-/m1/s1. The summed E-state index contributed by atoms with van der Waals surface area (Å²) in [5.41, 5.74) is 1.63. The number of methoxy groups -OCH3 is 1. The van der Waals surface area contributed by atoms with Gasteiger partial charge in [0.2, 0.25) is 0 Å². The van der Waals surface area contributed by atoms with Gasteiger partial charge in [0.25, 0.3) is 0 Å². The molecule has 0 unspecified atom stereocenters. The molecule has 1 amide bonds. The van der Waals surface area contributed by atoms with Gasteiger partial charge in [0.15, 0.2) is 23.0 Å². The lowest BCUT2D eigenvalue weighted by molar-refractivity contribution is 0.0504. The second kappa shape index (κ2) is 11.6. The largest absolute Gasteiger partial charge is 0.494 e. The van der Waals surface area contributed by atoms with Crippen molar-refractivity contribution < 1.29 is 23.0 Å². The van der Waals surface area contributed by atoms with Crippen LogP contribution >= 0.6 is 0 Å². The second-order valence-corrected chi connectivity index (χ2v) is 11.2. The van der Waals surface area contributed by atoms with Gasteiger partial charge in [-0.15, -0.1) is 0 Å². The third-order valence-corrected chi connectivity index (χ3v) is 7.00. The summed E-state index contributed by atoms with van der Waals surface area (Å²) < 4.78 is 42.0. The number of carbonyl (C=O) groups is 1. The molecule has 1 aliphatic rings. The van der Waals surface area contributed by atoms with E-state index in [9.17, 15) is 18.8 Å². The first-order valence-corrected chi connectivity index (χ1v) is 13.7. The molecule has 1 saturated heterocycles. The molecule has 1 fully saturated rings. The average molecular weight is 575 g/mol. The van der Waals surface area contributed by atoms with Crippen LogP contribution in [0.3, 0.4) is 0 Å². The SMILES string of the molecule is COc1ccc(-c2c(-c3ccc(C#N)c(F)c3)nc3c(N4CCCC[C@@H](NC(=O)OC(C)(C)C)C4)nccn23)cc1F. The number of hydrogen-bond donors (Lipinski definition) is 1. The van der Waals surface area contributed by atoms with Crippen LogP contribution in [0.4, 0.5) is 19.4 Å². The third kappa shape index (κ3) is 5.98. The van der Waals surface area contributed by atoms with Gasteiger partial charge < -0.3 is 19.7 Å². The molecular weight excluding hydrogens is 542 g/mol. The topological polar surface area (TPSA) is 105 Å². The van der Waals surface area contributed by atoms with Crippen LogP contribution in [0, 0.1) is 23.0 Å². The summed E-state index contributed by atoms with van der Waals surface area (Å²) in [6.45, 7) is 6.61. The van der Waals surface area contributed by atoms with Crippen LogP contribution in [0.5, 0.6) is 5.75 Å². The number of nitrogens with zero attached hydrogens (tertiary/aromatic N) is 5. The highest BCUT2D eigenvalue weighted by Gasteiger charge is 2.27. The Labute approximate surface area is 242 Å². The number of amides is 1. The number of anilines is 1. The number of benzene rings is 2. The molecule has 9 nitrogen and oxygen atoms in total. The predicted octanol–water partition coefficient (Wildman–Crippen LogP) is 6.11. The minimum absolute atomic E-state index is 0.0880. The molecule has 0 radical (unpaired) electrons. The highest BCUT2D eigenvalue weighted by Crippen LogP contribution is 2.37. The van der Waals surface area contributed by atoms with E-state index < -0.39 is 23.3 Å². The molecule has 5 rings (SSSR count). The van der Waals surface area contributed by atoms with Crippen molar-refractivity contribution in [1.29, 1.82) is 5.26 Å². The summed E-state index contributed by atoms with van der Waals surface area (Å²) in [5, 5.41) is 12.2. The van der Waals surface area contributed by atoms with Crippen molar-refractivity contribution in [2.45, 2.75) is 51.7 Å². The van der Waals surface area contributed by atoms with Gasteiger partial charge in [-0.25, -0.2) is 23.5 Å². The van der Waals surface area contributed by atoms with E-state index in [0.29, 0.717) is 47.1 Å². The lowest BCUT2D eigenvalue weighted by Gasteiger charge is -2.27. The van der Waals surface area contributed by atoms with Gasteiger partial charge in [0, 0.05) is 42.7 Å². The van der Waals surface area contributed by atoms with Crippen LogP contribution in [0.2, 0.25) is 0 Å². The molecule has 42 heavy (non-hydrogen) atoms. The van der Waals surface area contributed by atoms with Crippen LogP contribution in [-0.4, -0.2) is 52.3 Å². The second-order valence-electron chi connectivity index (χ2n) is 11.2. The zero-order valence-corrected chi connectivity index (χ0v) is 23.9. The first-order valence-electron chi connectivity index (χ1n) is 13.7. The summed E-state index contributed by atoms with van der Waals surface area (Å²) in [4.78, 5) is 24.2. The van der Waals surface area contributed by atoms with Crippen LogP contribution in [-0.2, 0) is 4.74 Å². The molecule has 4 aromatic rings. The maximum absolute atomic E-state index is 14.9. The minimum atomic E-state index is -0.680. The fourth-order valence-corrected chi connectivity index (χ4v) is 5.16. The Kier molecular flexibility index (Phi) is 7.98. The van der Waals surface area contributed by atoms with Crippen LogP contribution in [0.25, 0.3) is 28.2 Å². The molecule has 1 atom stereocenters. The average Bonchev–Trinajstić information content (AvgIpc) is 3.18. The van der Waals surface area contributed by atoms with Crippen molar-refractivity contribution in [2.75, 3.05) is 25.1 Å². The third-order valence-electron chi connectivity index (χ3n) is 7.00. The maximum atomic E-state index is 14.9. The summed E-state index contributed by atoms with van der Waals surface area (Å²) >= 11 is 0. The minimum Gasteiger partial charge on any atom is -0.494 e. The van der Waals surface area contributed by atoms with E-state index in [-0.39, 0.29) is 17.4 Å². The molecule has 3 heterocycles. The Morgan fingerprint density at radius 2 is 1.88 bits per heavy atom. The van der Waals surface area contributed by atoms with Gasteiger partial charge in [-0.05, 0) is 70.4 Å². The quantitative estimate of drug-likeness (QED) is 0.307. The van der Waals surface area contributed by atoms with Gasteiger partial charge >= 0.3 is 6.09 Å². The lowest BCUT2D eigenvalue weighted by Crippen LogP contribution is -2.45. The molecule has 2 aromatic heterocycles. The molecule has 218 valence electrons. The number of nitrogens with one attached hydrogen (secondary N) is 1.